The van der Waals surface area contributed by atoms with Gasteiger partial charge in [0.15, 0.2) is 0 Å². The maximum Gasteiger partial charge on any atom is 0.249 e. The maximum atomic E-state index is 13.7. The van der Waals surface area contributed by atoms with Gasteiger partial charge in [0, 0.05) is 26.1 Å². The van der Waals surface area contributed by atoms with Crippen molar-refractivity contribution in [2.75, 3.05) is 20.7 Å². The molecule has 1 aliphatic rings. The van der Waals surface area contributed by atoms with E-state index in [1.807, 2.05) is 80.3 Å². The maximum absolute atomic E-state index is 13.7. The Kier molecular flexibility index (Phi) is 12.0. The van der Waals surface area contributed by atoms with Crippen LogP contribution >= 0.6 is 0 Å². The number of nitrogens with one attached hydrogen (secondary N) is 1. The molecule has 1 fully saturated rings. The van der Waals surface area contributed by atoms with Crippen LogP contribution in [0.5, 0.6) is 11.5 Å². The van der Waals surface area contributed by atoms with Crippen molar-refractivity contribution in [2.45, 2.75) is 71.9 Å². The van der Waals surface area contributed by atoms with Crippen molar-refractivity contribution in [3.05, 3.63) is 60.2 Å². The number of hydroxylamine groups is 2. The average molecular weight is 552 g/mol. The summed E-state index contributed by atoms with van der Waals surface area (Å²) in [6.07, 6.45) is 4.17. The molecule has 3 amide bonds. The van der Waals surface area contributed by atoms with Gasteiger partial charge in [-0.25, -0.2) is 5.06 Å². The van der Waals surface area contributed by atoms with E-state index in [-0.39, 0.29) is 23.6 Å². The fourth-order valence-corrected chi connectivity index (χ4v) is 5.32. The molecule has 0 aromatic heterocycles. The standard InChI is InChI=1S/C32H45N3O5/c1-6-13-27(31(37)34(4)39-5)28(20-23(2)3)30(36)33-29-18-10-11-19-35(32(29)38)22-24-14-12-17-26(21-24)40-25-15-8-7-9-16-25/h7-9,12,14-17,21,23,27-29H,6,10-11,13,18-20,22H2,1-5H3,(H,33,36)/t27?,28?,29-/m0/s1. The minimum atomic E-state index is -0.619. The summed E-state index contributed by atoms with van der Waals surface area (Å²) in [5.74, 6) is 0.0854. The summed E-state index contributed by atoms with van der Waals surface area (Å²) in [5.41, 5.74) is 0.961. The van der Waals surface area contributed by atoms with Gasteiger partial charge in [-0.15, -0.1) is 0 Å². The Balaban J connectivity index is 1.74. The number of para-hydroxylation sites is 1. The highest BCUT2D eigenvalue weighted by Crippen LogP contribution is 2.28. The highest BCUT2D eigenvalue weighted by atomic mass is 16.7. The number of likely N-dealkylation sites (tertiary alicyclic amines) is 1. The van der Waals surface area contributed by atoms with Crippen molar-refractivity contribution in [1.82, 2.24) is 15.3 Å². The third kappa shape index (κ3) is 8.81. The van der Waals surface area contributed by atoms with Crippen LogP contribution in [0.25, 0.3) is 0 Å². The molecule has 3 atom stereocenters. The Morgan fingerprint density at radius 2 is 1.77 bits per heavy atom. The van der Waals surface area contributed by atoms with Gasteiger partial charge in [-0.05, 0) is 67.9 Å². The molecule has 0 spiro atoms. The van der Waals surface area contributed by atoms with Crippen molar-refractivity contribution in [1.29, 1.82) is 0 Å². The molecule has 1 N–H and O–H groups in total. The predicted octanol–water partition coefficient (Wildman–Crippen LogP) is 5.57. The highest BCUT2D eigenvalue weighted by Gasteiger charge is 2.38. The Bertz CT molecular complexity index is 1110. The molecule has 40 heavy (non-hydrogen) atoms. The molecule has 1 aliphatic heterocycles. The van der Waals surface area contributed by atoms with E-state index in [1.54, 1.807) is 7.05 Å². The van der Waals surface area contributed by atoms with Gasteiger partial charge in [0.25, 0.3) is 0 Å². The molecule has 2 unspecified atom stereocenters. The van der Waals surface area contributed by atoms with E-state index in [2.05, 4.69) is 5.32 Å². The third-order valence-corrected chi connectivity index (χ3v) is 7.40. The van der Waals surface area contributed by atoms with Crippen LogP contribution in [0, 0.1) is 17.8 Å². The van der Waals surface area contributed by atoms with Gasteiger partial charge >= 0.3 is 0 Å². The van der Waals surface area contributed by atoms with Crippen molar-refractivity contribution < 1.29 is 24.0 Å². The minimum Gasteiger partial charge on any atom is -0.457 e. The van der Waals surface area contributed by atoms with Crippen LogP contribution in [-0.2, 0) is 25.8 Å². The quantitative estimate of drug-likeness (QED) is 0.329. The number of carbonyl (C=O) groups is 3. The number of amides is 3. The van der Waals surface area contributed by atoms with E-state index in [0.29, 0.717) is 38.1 Å². The molecule has 2 aromatic rings. The molecule has 2 aromatic carbocycles. The van der Waals surface area contributed by atoms with E-state index < -0.39 is 17.9 Å². The summed E-state index contributed by atoms with van der Waals surface area (Å²) in [7, 11) is 3.02. The van der Waals surface area contributed by atoms with Crippen LogP contribution in [0.1, 0.15) is 64.9 Å². The number of benzene rings is 2. The highest BCUT2D eigenvalue weighted by molar-refractivity contribution is 5.91. The average Bonchev–Trinajstić information content (AvgIpc) is 3.11. The summed E-state index contributed by atoms with van der Waals surface area (Å²) in [6.45, 7) is 7.15. The van der Waals surface area contributed by atoms with E-state index in [9.17, 15) is 14.4 Å². The minimum absolute atomic E-state index is 0.0871. The van der Waals surface area contributed by atoms with Gasteiger partial charge in [-0.1, -0.05) is 57.5 Å². The fourth-order valence-electron chi connectivity index (χ4n) is 5.32. The first-order valence-corrected chi connectivity index (χ1v) is 14.5. The molecule has 1 heterocycles. The van der Waals surface area contributed by atoms with Crippen LogP contribution in [-0.4, -0.2) is 54.4 Å². The molecule has 8 nitrogen and oxygen atoms in total. The zero-order chi connectivity index (χ0) is 29.1. The summed E-state index contributed by atoms with van der Waals surface area (Å²) in [6, 6.07) is 16.7. The number of rotatable bonds is 13. The number of ether oxygens (including phenoxy) is 1. The van der Waals surface area contributed by atoms with Crippen LogP contribution in [0.2, 0.25) is 0 Å². The van der Waals surface area contributed by atoms with Gasteiger partial charge < -0.3 is 15.0 Å². The SMILES string of the molecule is CCCC(C(=O)N(C)OC)C(CC(C)C)C(=O)N[C@H]1CCCCN(Cc2cccc(Oc3ccccc3)c2)C1=O. The summed E-state index contributed by atoms with van der Waals surface area (Å²) >= 11 is 0. The monoisotopic (exact) mass is 551 g/mol. The van der Waals surface area contributed by atoms with Gasteiger partial charge in [-0.3, -0.25) is 19.2 Å². The Hall–Kier alpha value is -3.39. The number of hydrogen-bond donors (Lipinski definition) is 1. The van der Waals surface area contributed by atoms with E-state index in [4.69, 9.17) is 9.57 Å². The lowest BCUT2D eigenvalue weighted by Gasteiger charge is -2.31. The number of hydrogen-bond acceptors (Lipinski definition) is 5. The van der Waals surface area contributed by atoms with Crippen LogP contribution in [0.15, 0.2) is 54.6 Å². The fraction of sp³-hybridized carbons (Fsp3) is 0.531. The van der Waals surface area contributed by atoms with Gasteiger partial charge in [0.05, 0.1) is 13.0 Å². The molecule has 0 radical (unpaired) electrons. The van der Waals surface area contributed by atoms with E-state index in [0.717, 1.165) is 30.6 Å². The summed E-state index contributed by atoms with van der Waals surface area (Å²) in [4.78, 5) is 47.5. The lowest BCUT2D eigenvalue weighted by atomic mass is 9.81. The molecule has 8 heteroatoms. The van der Waals surface area contributed by atoms with Crippen molar-refractivity contribution in [3.63, 3.8) is 0 Å². The normalized spacial score (nSPS) is 17.2. The first kappa shape index (κ1) is 31.1. The molecule has 1 saturated heterocycles. The molecule has 0 saturated carbocycles. The second kappa shape index (κ2) is 15.4. The van der Waals surface area contributed by atoms with Crippen molar-refractivity contribution >= 4 is 17.7 Å². The number of carbonyl (C=O) groups excluding carboxylic acids is 3. The van der Waals surface area contributed by atoms with Crippen LogP contribution in [0.3, 0.4) is 0 Å². The summed E-state index contributed by atoms with van der Waals surface area (Å²) < 4.78 is 5.98. The van der Waals surface area contributed by atoms with Gasteiger partial charge in [0.1, 0.15) is 17.5 Å². The topological polar surface area (TPSA) is 88.2 Å². The molecular weight excluding hydrogens is 506 g/mol. The van der Waals surface area contributed by atoms with Crippen LogP contribution in [0.4, 0.5) is 0 Å². The van der Waals surface area contributed by atoms with Crippen molar-refractivity contribution in [3.8, 4) is 11.5 Å². The first-order chi connectivity index (χ1) is 19.2. The predicted molar refractivity (Wildman–Crippen MR) is 155 cm³/mol. The Morgan fingerprint density at radius 3 is 2.45 bits per heavy atom. The van der Waals surface area contributed by atoms with Crippen LogP contribution < -0.4 is 10.1 Å². The third-order valence-electron chi connectivity index (χ3n) is 7.40. The molecule has 0 aliphatic carbocycles. The Morgan fingerprint density at radius 1 is 1.05 bits per heavy atom. The smallest absolute Gasteiger partial charge is 0.249 e. The second-order valence-corrected chi connectivity index (χ2v) is 11.0. The largest absolute Gasteiger partial charge is 0.457 e. The molecule has 3 rings (SSSR count). The van der Waals surface area contributed by atoms with E-state index in [1.165, 1.54) is 12.2 Å². The number of nitrogens with zero attached hydrogens (tertiary/aromatic N) is 2. The van der Waals surface area contributed by atoms with Crippen molar-refractivity contribution in [2.24, 2.45) is 17.8 Å². The molecule has 0 bridgehead atoms. The van der Waals surface area contributed by atoms with Gasteiger partial charge in [-0.2, -0.15) is 0 Å². The lowest BCUT2D eigenvalue weighted by molar-refractivity contribution is -0.176. The van der Waals surface area contributed by atoms with E-state index >= 15 is 0 Å². The summed E-state index contributed by atoms with van der Waals surface area (Å²) in [5, 5.41) is 4.26. The lowest BCUT2D eigenvalue weighted by Crippen LogP contribution is -2.51. The zero-order valence-corrected chi connectivity index (χ0v) is 24.6. The van der Waals surface area contributed by atoms with Gasteiger partial charge in [0.2, 0.25) is 17.7 Å². The Labute approximate surface area is 239 Å². The second-order valence-electron chi connectivity index (χ2n) is 11.0. The molecule has 218 valence electrons. The molecular formula is C32H45N3O5. The zero-order valence-electron chi connectivity index (χ0n) is 24.6. The first-order valence-electron chi connectivity index (χ1n) is 14.5.